The zero-order chi connectivity index (χ0) is 13.7. The summed E-state index contributed by atoms with van der Waals surface area (Å²) in [6, 6.07) is 15.6. The fraction of sp³-hybridized carbons (Fsp3) is 0.294. The van der Waals surface area contributed by atoms with E-state index >= 15 is 0 Å². The van der Waals surface area contributed by atoms with Crippen molar-refractivity contribution in [1.29, 1.82) is 0 Å². The van der Waals surface area contributed by atoms with Crippen LogP contribution in [0, 0.1) is 6.92 Å². The zero-order valence-corrected chi connectivity index (χ0v) is 11.5. The number of aryl methyl sites for hydroxylation is 1. The fourth-order valence-electron chi connectivity index (χ4n) is 2.04. The Hall–Kier alpha value is -1.80. The molecule has 0 radical (unpaired) electrons. The van der Waals surface area contributed by atoms with Crippen molar-refractivity contribution in [1.82, 2.24) is 0 Å². The molecule has 0 saturated heterocycles. The maximum Gasteiger partial charge on any atom is 0.119 e. The molecule has 0 aliphatic carbocycles. The van der Waals surface area contributed by atoms with Gasteiger partial charge in [-0.05, 0) is 42.2 Å². The summed E-state index contributed by atoms with van der Waals surface area (Å²) in [6.45, 7) is 4.81. The lowest BCUT2D eigenvalue weighted by atomic mass is 9.98. The van der Waals surface area contributed by atoms with Crippen LogP contribution in [0.2, 0.25) is 0 Å². The van der Waals surface area contributed by atoms with Gasteiger partial charge in [0.25, 0.3) is 0 Å². The number of hydrogen-bond acceptors (Lipinski definition) is 2. The van der Waals surface area contributed by atoms with Gasteiger partial charge < -0.3 is 9.84 Å². The van der Waals surface area contributed by atoms with Crippen LogP contribution in [0.3, 0.4) is 0 Å². The molecule has 0 amide bonds. The standard InChI is InChI=1S/C17H20O2/c1-3-12-19-15-10-8-14(9-11-15)17(18)16-7-5-4-6-13(16)2/h4-11,17-18H,3,12H2,1-2H3. The lowest BCUT2D eigenvalue weighted by molar-refractivity contribution is 0.219. The molecule has 2 aromatic carbocycles. The highest BCUT2D eigenvalue weighted by Crippen LogP contribution is 2.26. The van der Waals surface area contributed by atoms with Gasteiger partial charge in [-0.3, -0.25) is 0 Å². The van der Waals surface area contributed by atoms with Crippen LogP contribution in [-0.2, 0) is 0 Å². The molecule has 0 heterocycles. The molecule has 0 spiro atoms. The number of rotatable bonds is 5. The second-order valence-corrected chi connectivity index (χ2v) is 4.68. The van der Waals surface area contributed by atoms with Crippen molar-refractivity contribution in [2.45, 2.75) is 26.4 Å². The molecule has 0 bridgehead atoms. The van der Waals surface area contributed by atoms with Crippen molar-refractivity contribution in [2.75, 3.05) is 6.61 Å². The summed E-state index contributed by atoms with van der Waals surface area (Å²) in [4.78, 5) is 0. The van der Waals surface area contributed by atoms with Crippen molar-refractivity contribution >= 4 is 0 Å². The van der Waals surface area contributed by atoms with Gasteiger partial charge in [0, 0.05) is 0 Å². The van der Waals surface area contributed by atoms with E-state index in [0.29, 0.717) is 0 Å². The van der Waals surface area contributed by atoms with Gasteiger partial charge in [0.1, 0.15) is 11.9 Å². The fourth-order valence-corrected chi connectivity index (χ4v) is 2.04. The van der Waals surface area contributed by atoms with Crippen molar-refractivity contribution in [3.05, 3.63) is 65.2 Å². The average molecular weight is 256 g/mol. The van der Waals surface area contributed by atoms with Gasteiger partial charge in [-0.15, -0.1) is 0 Å². The Kier molecular flexibility index (Phi) is 4.58. The molecule has 19 heavy (non-hydrogen) atoms. The van der Waals surface area contributed by atoms with E-state index in [-0.39, 0.29) is 0 Å². The molecule has 2 heteroatoms. The highest BCUT2D eigenvalue weighted by molar-refractivity contribution is 5.37. The minimum Gasteiger partial charge on any atom is -0.494 e. The third kappa shape index (κ3) is 3.36. The molecular weight excluding hydrogens is 236 g/mol. The van der Waals surface area contributed by atoms with E-state index < -0.39 is 6.10 Å². The van der Waals surface area contributed by atoms with Crippen LogP contribution in [0.15, 0.2) is 48.5 Å². The molecule has 2 rings (SSSR count). The highest BCUT2D eigenvalue weighted by atomic mass is 16.5. The van der Waals surface area contributed by atoms with Crippen molar-refractivity contribution in [3.8, 4) is 5.75 Å². The molecule has 2 aromatic rings. The van der Waals surface area contributed by atoms with Crippen LogP contribution >= 0.6 is 0 Å². The molecule has 2 nitrogen and oxygen atoms in total. The van der Waals surface area contributed by atoms with Crippen molar-refractivity contribution < 1.29 is 9.84 Å². The first-order valence-corrected chi connectivity index (χ1v) is 6.68. The van der Waals surface area contributed by atoms with Crippen molar-refractivity contribution in [2.24, 2.45) is 0 Å². The summed E-state index contributed by atoms with van der Waals surface area (Å²) in [5.41, 5.74) is 2.93. The van der Waals surface area contributed by atoms with Crippen molar-refractivity contribution in [3.63, 3.8) is 0 Å². The predicted molar refractivity (Wildman–Crippen MR) is 77.5 cm³/mol. The van der Waals surface area contributed by atoms with E-state index in [1.807, 2.05) is 55.5 Å². The molecule has 1 unspecified atom stereocenters. The number of ether oxygens (including phenoxy) is 1. The van der Waals surface area contributed by atoms with E-state index in [1.54, 1.807) is 0 Å². The molecule has 100 valence electrons. The molecule has 0 saturated carbocycles. The monoisotopic (exact) mass is 256 g/mol. The second kappa shape index (κ2) is 6.39. The molecule has 0 aliphatic heterocycles. The van der Waals surface area contributed by atoms with Gasteiger partial charge in [0.2, 0.25) is 0 Å². The maximum atomic E-state index is 10.4. The molecule has 0 fully saturated rings. The van der Waals surface area contributed by atoms with Gasteiger partial charge in [-0.1, -0.05) is 43.3 Å². The summed E-state index contributed by atoms with van der Waals surface area (Å²) in [5.74, 6) is 0.850. The van der Waals surface area contributed by atoms with Gasteiger partial charge in [-0.2, -0.15) is 0 Å². The first-order chi connectivity index (χ1) is 9.22. The predicted octanol–water partition coefficient (Wildman–Crippen LogP) is 3.87. The smallest absolute Gasteiger partial charge is 0.119 e. The third-order valence-electron chi connectivity index (χ3n) is 3.15. The minimum atomic E-state index is -0.582. The maximum absolute atomic E-state index is 10.4. The van der Waals surface area contributed by atoms with Crippen LogP contribution in [-0.4, -0.2) is 11.7 Å². The summed E-state index contributed by atoms with van der Waals surface area (Å²) >= 11 is 0. The van der Waals surface area contributed by atoms with Gasteiger partial charge in [0.15, 0.2) is 0 Å². The first kappa shape index (κ1) is 13.6. The topological polar surface area (TPSA) is 29.5 Å². The Labute approximate surface area is 114 Å². The molecule has 1 atom stereocenters. The molecule has 1 N–H and O–H groups in total. The number of hydrogen-bond donors (Lipinski definition) is 1. The van der Waals surface area contributed by atoms with Crippen LogP contribution in [0.1, 0.15) is 36.1 Å². The number of aliphatic hydroxyl groups is 1. The van der Waals surface area contributed by atoms with E-state index in [2.05, 4.69) is 6.92 Å². The Balaban J connectivity index is 2.16. The number of benzene rings is 2. The first-order valence-electron chi connectivity index (χ1n) is 6.68. The van der Waals surface area contributed by atoms with E-state index in [9.17, 15) is 5.11 Å². The lowest BCUT2D eigenvalue weighted by Gasteiger charge is -2.14. The van der Waals surface area contributed by atoms with Gasteiger partial charge in [0.05, 0.1) is 6.61 Å². The van der Waals surface area contributed by atoms with Crippen LogP contribution in [0.25, 0.3) is 0 Å². The molecule has 0 aromatic heterocycles. The Morgan fingerprint density at radius 2 is 1.74 bits per heavy atom. The largest absolute Gasteiger partial charge is 0.494 e. The van der Waals surface area contributed by atoms with Crippen LogP contribution in [0.4, 0.5) is 0 Å². The van der Waals surface area contributed by atoms with Crippen LogP contribution < -0.4 is 4.74 Å². The van der Waals surface area contributed by atoms with E-state index in [1.165, 1.54) is 0 Å². The number of aliphatic hydroxyl groups excluding tert-OH is 1. The minimum absolute atomic E-state index is 0.582. The highest BCUT2D eigenvalue weighted by Gasteiger charge is 2.12. The third-order valence-corrected chi connectivity index (χ3v) is 3.15. The summed E-state index contributed by atoms with van der Waals surface area (Å²) in [6.07, 6.45) is 0.412. The Bertz CT molecular complexity index is 517. The van der Waals surface area contributed by atoms with E-state index in [0.717, 1.165) is 35.5 Å². The Morgan fingerprint density at radius 3 is 2.37 bits per heavy atom. The molecular formula is C17H20O2. The quantitative estimate of drug-likeness (QED) is 0.880. The van der Waals surface area contributed by atoms with Gasteiger partial charge >= 0.3 is 0 Å². The summed E-state index contributed by atoms with van der Waals surface area (Å²) in [7, 11) is 0. The molecule has 0 aliphatic rings. The zero-order valence-electron chi connectivity index (χ0n) is 11.5. The SMILES string of the molecule is CCCOc1ccc(C(O)c2ccccc2C)cc1. The Morgan fingerprint density at radius 1 is 1.05 bits per heavy atom. The van der Waals surface area contributed by atoms with Crippen LogP contribution in [0.5, 0.6) is 5.75 Å². The summed E-state index contributed by atoms with van der Waals surface area (Å²) < 4.78 is 5.54. The average Bonchev–Trinajstić information content (AvgIpc) is 2.45. The van der Waals surface area contributed by atoms with E-state index in [4.69, 9.17) is 4.74 Å². The normalized spacial score (nSPS) is 12.2. The lowest BCUT2D eigenvalue weighted by Crippen LogP contribution is -2.02. The van der Waals surface area contributed by atoms with Gasteiger partial charge in [-0.25, -0.2) is 0 Å². The second-order valence-electron chi connectivity index (χ2n) is 4.68. The summed E-state index contributed by atoms with van der Waals surface area (Å²) in [5, 5.41) is 10.4.